The quantitative estimate of drug-likeness (QED) is 0.884. The van der Waals surface area contributed by atoms with Crippen LogP contribution in [0.15, 0.2) is 46.6 Å². The molecule has 21 heavy (non-hydrogen) atoms. The molecule has 0 saturated heterocycles. The van der Waals surface area contributed by atoms with Gasteiger partial charge >= 0.3 is 6.18 Å². The third-order valence-electron chi connectivity index (χ3n) is 2.57. The van der Waals surface area contributed by atoms with Gasteiger partial charge in [-0.1, -0.05) is 18.7 Å². The molecule has 0 spiro atoms. The van der Waals surface area contributed by atoms with Crippen molar-refractivity contribution in [2.75, 3.05) is 11.9 Å². The van der Waals surface area contributed by atoms with Crippen molar-refractivity contribution in [3.63, 3.8) is 0 Å². The van der Waals surface area contributed by atoms with Crippen LogP contribution in [0.2, 0.25) is 0 Å². The standard InChI is InChI=1S/C14H14F3N3S/c1-2-6-18-12-8-11(5-7-19-12)21-13-4-3-10(9-20-13)14(15,16)17/h3-5,7-9H,2,6H2,1H3,(H,18,19). The van der Waals surface area contributed by atoms with Crippen LogP contribution in [0.1, 0.15) is 18.9 Å². The van der Waals surface area contributed by atoms with Crippen molar-refractivity contribution in [3.8, 4) is 0 Å². The van der Waals surface area contributed by atoms with E-state index in [4.69, 9.17) is 0 Å². The maximum Gasteiger partial charge on any atom is 0.417 e. The van der Waals surface area contributed by atoms with Gasteiger partial charge in [0, 0.05) is 23.8 Å². The first-order valence-corrected chi connectivity index (χ1v) is 7.21. The van der Waals surface area contributed by atoms with Gasteiger partial charge in [-0.25, -0.2) is 9.97 Å². The fourth-order valence-electron chi connectivity index (χ4n) is 1.55. The SMILES string of the molecule is CCCNc1cc(Sc2ccc(C(F)(F)F)cn2)ccn1. The summed E-state index contributed by atoms with van der Waals surface area (Å²) in [6, 6.07) is 6.04. The lowest BCUT2D eigenvalue weighted by atomic mass is 10.3. The summed E-state index contributed by atoms with van der Waals surface area (Å²) in [5.41, 5.74) is -0.744. The molecule has 0 bridgehead atoms. The number of alkyl halides is 3. The Morgan fingerprint density at radius 1 is 1.19 bits per heavy atom. The van der Waals surface area contributed by atoms with E-state index in [1.807, 2.05) is 6.07 Å². The molecule has 0 saturated carbocycles. The summed E-state index contributed by atoms with van der Waals surface area (Å²) in [6.45, 7) is 2.87. The molecule has 0 unspecified atom stereocenters. The highest BCUT2D eigenvalue weighted by molar-refractivity contribution is 7.99. The summed E-state index contributed by atoms with van der Waals surface area (Å²) in [7, 11) is 0. The molecule has 2 heterocycles. The normalized spacial score (nSPS) is 11.4. The number of nitrogens with zero attached hydrogens (tertiary/aromatic N) is 2. The molecule has 0 aliphatic heterocycles. The van der Waals surface area contributed by atoms with Crippen molar-refractivity contribution < 1.29 is 13.2 Å². The lowest BCUT2D eigenvalue weighted by Crippen LogP contribution is -2.05. The van der Waals surface area contributed by atoms with Crippen molar-refractivity contribution in [1.82, 2.24) is 9.97 Å². The largest absolute Gasteiger partial charge is 0.417 e. The molecule has 7 heteroatoms. The molecule has 0 atom stereocenters. The number of nitrogens with one attached hydrogen (secondary N) is 1. The Morgan fingerprint density at radius 3 is 2.62 bits per heavy atom. The van der Waals surface area contributed by atoms with Crippen molar-refractivity contribution in [2.45, 2.75) is 29.4 Å². The minimum atomic E-state index is -4.36. The number of aromatic nitrogens is 2. The van der Waals surface area contributed by atoms with E-state index in [0.717, 1.165) is 35.9 Å². The van der Waals surface area contributed by atoms with E-state index in [9.17, 15) is 13.2 Å². The van der Waals surface area contributed by atoms with Gasteiger partial charge in [-0.2, -0.15) is 13.2 Å². The predicted octanol–water partition coefficient (Wildman–Crippen LogP) is 4.47. The van der Waals surface area contributed by atoms with Crippen LogP contribution in [0.3, 0.4) is 0 Å². The van der Waals surface area contributed by atoms with Crippen molar-refractivity contribution in [2.24, 2.45) is 0 Å². The fraction of sp³-hybridized carbons (Fsp3) is 0.286. The van der Waals surface area contributed by atoms with Crippen LogP contribution < -0.4 is 5.32 Å². The first-order chi connectivity index (χ1) is 9.99. The van der Waals surface area contributed by atoms with Gasteiger partial charge in [-0.3, -0.25) is 0 Å². The summed E-state index contributed by atoms with van der Waals surface area (Å²) in [5.74, 6) is 0.744. The van der Waals surface area contributed by atoms with E-state index in [-0.39, 0.29) is 0 Å². The molecule has 2 aromatic rings. The molecule has 0 aliphatic carbocycles. The summed E-state index contributed by atoms with van der Waals surface area (Å²) in [5, 5.41) is 3.67. The van der Waals surface area contributed by atoms with Crippen LogP contribution >= 0.6 is 11.8 Å². The highest BCUT2D eigenvalue weighted by atomic mass is 32.2. The minimum absolute atomic E-state index is 0.510. The van der Waals surface area contributed by atoms with Gasteiger partial charge in [-0.05, 0) is 30.7 Å². The second-order valence-electron chi connectivity index (χ2n) is 4.29. The Bertz CT molecular complexity index is 585. The monoisotopic (exact) mass is 313 g/mol. The smallest absolute Gasteiger partial charge is 0.370 e. The maximum atomic E-state index is 12.5. The average Bonchev–Trinajstić information content (AvgIpc) is 2.45. The Hall–Kier alpha value is -1.76. The van der Waals surface area contributed by atoms with Crippen LogP contribution in [-0.4, -0.2) is 16.5 Å². The summed E-state index contributed by atoms with van der Waals surface area (Å²) >= 11 is 1.30. The lowest BCUT2D eigenvalue weighted by molar-refractivity contribution is -0.137. The van der Waals surface area contributed by atoms with Gasteiger partial charge < -0.3 is 5.32 Å². The molecular formula is C14H14F3N3S. The summed E-state index contributed by atoms with van der Waals surface area (Å²) in [4.78, 5) is 8.88. The highest BCUT2D eigenvalue weighted by Crippen LogP contribution is 2.31. The number of rotatable bonds is 5. The molecular weight excluding hydrogens is 299 g/mol. The third-order valence-corrected chi connectivity index (χ3v) is 3.51. The first kappa shape index (κ1) is 15.6. The van der Waals surface area contributed by atoms with Crippen LogP contribution in [-0.2, 0) is 6.18 Å². The molecule has 2 rings (SSSR count). The second kappa shape index (κ2) is 6.80. The molecule has 0 amide bonds. The zero-order valence-electron chi connectivity index (χ0n) is 11.3. The zero-order valence-corrected chi connectivity index (χ0v) is 12.1. The Balaban J connectivity index is 2.07. The molecule has 2 aromatic heterocycles. The Labute approximate surface area is 125 Å². The number of halogens is 3. The van der Waals surface area contributed by atoms with E-state index in [1.165, 1.54) is 17.8 Å². The van der Waals surface area contributed by atoms with Crippen molar-refractivity contribution >= 4 is 17.6 Å². The number of hydrogen-bond acceptors (Lipinski definition) is 4. The topological polar surface area (TPSA) is 37.8 Å². The molecule has 0 aliphatic rings. The van der Waals surface area contributed by atoms with E-state index in [2.05, 4.69) is 22.2 Å². The Kier molecular flexibility index (Phi) is 5.06. The van der Waals surface area contributed by atoms with E-state index >= 15 is 0 Å². The van der Waals surface area contributed by atoms with Crippen LogP contribution in [0, 0.1) is 0 Å². The lowest BCUT2D eigenvalue weighted by Gasteiger charge is -2.08. The molecule has 0 aromatic carbocycles. The predicted molar refractivity (Wildman–Crippen MR) is 76.4 cm³/mol. The maximum absolute atomic E-state index is 12.5. The molecule has 112 valence electrons. The molecule has 1 N–H and O–H groups in total. The van der Waals surface area contributed by atoms with Gasteiger partial charge in [0.1, 0.15) is 10.8 Å². The summed E-state index contributed by atoms with van der Waals surface area (Å²) in [6.07, 6.45) is -0.867. The Morgan fingerprint density at radius 2 is 2.00 bits per heavy atom. The van der Waals surface area contributed by atoms with Crippen molar-refractivity contribution in [3.05, 3.63) is 42.2 Å². The first-order valence-electron chi connectivity index (χ1n) is 6.40. The van der Waals surface area contributed by atoms with Crippen LogP contribution in [0.4, 0.5) is 19.0 Å². The van der Waals surface area contributed by atoms with E-state index in [1.54, 1.807) is 12.3 Å². The van der Waals surface area contributed by atoms with Gasteiger partial charge in [-0.15, -0.1) is 0 Å². The summed E-state index contributed by atoms with van der Waals surface area (Å²) < 4.78 is 37.4. The van der Waals surface area contributed by atoms with Gasteiger partial charge in [0.05, 0.1) is 5.56 Å². The van der Waals surface area contributed by atoms with Crippen LogP contribution in [0.5, 0.6) is 0 Å². The van der Waals surface area contributed by atoms with E-state index < -0.39 is 11.7 Å². The van der Waals surface area contributed by atoms with Gasteiger partial charge in [0.25, 0.3) is 0 Å². The minimum Gasteiger partial charge on any atom is -0.370 e. The molecule has 3 nitrogen and oxygen atoms in total. The van der Waals surface area contributed by atoms with Gasteiger partial charge in [0.15, 0.2) is 0 Å². The van der Waals surface area contributed by atoms with E-state index in [0.29, 0.717) is 5.03 Å². The molecule has 0 fully saturated rings. The zero-order chi connectivity index (χ0) is 15.3. The molecule has 0 radical (unpaired) electrons. The second-order valence-corrected chi connectivity index (χ2v) is 5.38. The van der Waals surface area contributed by atoms with Crippen molar-refractivity contribution in [1.29, 1.82) is 0 Å². The fourth-order valence-corrected chi connectivity index (χ4v) is 2.34. The number of pyridine rings is 2. The highest BCUT2D eigenvalue weighted by Gasteiger charge is 2.30. The average molecular weight is 313 g/mol. The number of hydrogen-bond donors (Lipinski definition) is 1. The van der Waals surface area contributed by atoms with Crippen LogP contribution in [0.25, 0.3) is 0 Å². The number of anilines is 1. The third kappa shape index (κ3) is 4.63. The van der Waals surface area contributed by atoms with Gasteiger partial charge in [0.2, 0.25) is 0 Å².